The maximum atomic E-state index is 12.9. The summed E-state index contributed by atoms with van der Waals surface area (Å²) >= 11 is 6.04. The highest BCUT2D eigenvalue weighted by molar-refractivity contribution is 6.53. The highest BCUT2D eigenvalue weighted by atomic mass is 35.5. The van der Waals surface area contributed by atoms with E-state index in [1.807, 2.05) is 13.8 Å². The Balaban J connectivity index is 1.97. The van der Waals surface area contributed by atoms with Crippen LogP contribution in [0.5, 0.6) is 0 Å². The SMILES string of the molecule is CC(C)CC(C(=O)Nc1ccn(C)n1)N1C(=O)C(=O)c2ccc(Cl)cc21. The zero-order valence-electron chi connectivity index (χ0n) is 14.7. The summed E-state index contributed by atoms with van der Waals surface area (Å²) in [4.78, 5) is 39.0. The van der Waals surface area contributed by atoms with Crippen LogP contribution in [0.15, 0.2) is 30.5 Å². The number of carbonyl (C=O) groups excluding carboxylic acids is 3. The quantitative estimate of drug-likeness (QED) is 0.815. The van der Waals surface area contributed by atoms with Crippen LogP contribution in [0.25, 0.3) is 0 Å². The molecule has 0 saturated heterocycles. The van der Waals surface area contributed by atoms with Crippen molar-refractivity contribution < 1.29 is 14.4 Å². The third kappa shape index (κ3) is 3.35. The second-order valence-corrected chi connectivity index (χ2v) is 7.11. The number of amides is 2. The molecule has 2 aromatic rings. The van der Waals surface area contributed by atoms with E-state index in [0.717, 1.165) is 0 Å². The Bertz CT molecular complexity index is 890. The first-order valence-corrected chi connectivity index (χ1v) is 8.63. The Morgan fingerprint density at radius 3 is 2.62 bits per heavy atom. The normalized spacial score (nSPS) is 14.7. The molecule has 1 aliphatic heterocycles. The molecule has 1 N–H and O–H groups in total. The molecular weight excluding hydrogens is 356 g/mol. The van der Waals surface area contributed by atoms with Crippen LogP contribution in [0.2, 0.25) is 5.02 Å². The molecule has 1 aliphatic rings. The number of fused-ring (bicyclic) bond motifs is 1. The predicted octanol–water partition coefficient (Wildman–Crippen LogP) is 2.66. The third-order valence-electron chi connectivity index (χ3n) is 4.15. The van der Waals surface area contributed by atoms with E-state index in [-0.39, 0.29) is 11.5 Å². The van der Waals surface area contributed by atoms with Gasteiger partial charge in [0.2, 0.25) is 5.91 Å². The molecule has 0 saturated carbocycles. The van der Waals surface area contributed by atoms with E-state index < -0.39 is 23.6 Å². The number of carbonyl (C=O) groups is 3. The van der Waals surface area contributed by atoms with Crippen LogP contribution < -0.4 is 10.2 Å². The van der Waals surface area contributed by atoms with Crippen LogP contribution in [0.1, 0.15) is 30.6 Å². The summed E-state index contributed by atoms with van der Waals surface area (Å²) in [6.45, 7) is 3.89. The van der Waals surface area contributed by atoms with Gasteiger partial charge in [-0.3, -0.25) is 24.0 Å². The van der Waals surface area contributed by atoms with E-state index >= 15 is 0 Å². The summed E-state index contributed by atoms with van der Waals surface area (Å²) in [5.74, 6) is -1.23. The average molecular weight is 375 g/mol. The zero-order chi connectivity index (χ0) is 19.0. The summed E-state index contributed by atoms with van der Waals surface area (Å²) in [7, 11) is 1.74. The average Bonchev–Trinajstić information content (AvgIpc) is 3.07. The summed E-state index contributed by atoms with van der Waals surface area (Å²) in [5.41, 5.74) is 0.633. The third-order valence-corrected chi connectivity index (χ3v) is 4.39. The number of aromatic nitrogens is 2. The second-order valence-electron chi connectivity index (χ2n) is 6.67. The zero-order valence-corrected chi connectivity index (χ0v) is 15.4. The standard InChI is InChI=1S/C18H19ClN4O3/c1-10(2)8-14(17(25)20-15-6-7-22(3)21-15)23-13-9-11(19)4-5-12(13)16(24)18(23)26/h4-7,9-10,14H,8H2,1-3H3,(H,20,21,25). The fourth-order valence-corrected chi connectivity index (χ4v) is 3.17. The molecule has 0 spiro atoms. The summed E-state index contributed by atoms with van der Waals surface area (Å²) in [6, 6.07) is 5.43. The van der Waals surface area contributed by atoms with Gasteiger partial charge < -0.3 is 5.32 Å². The van der Waals surface area contributed by atoms with Crippen molar-refractivity contribution in [2.45, 2.75) is 26.3 Å². The number of rotatable bonds is 5. The second kappa shape index (κ2) is 6.92. The predicted molar refractivity (Wildman–Crippen MR) is 98.3 cm³/mol. The van der Waals surface area contributed by atoms with Gasteiger partial charge in [-0.15, -0.1) is 0 Å². The molecule has 3 rings (SSSR count). The van der Waals surface area contributed by atoms with Crippen LogP contribution in [0, 0.1) is 5.92 Å². The molecule has 8 heteroatoms. The first kappa shape index (κ1) is 18.1. The molecule has 26 heavy (non-hydrogen) atoms. The molecule has 1 atom stereocenters. The molecule has 0 bridgehead atoms. The highest BCUT2D eigenvalue weighted by Crippen LogP contribution is 2.34. The molecule has 7 nitrogen and oxygen atoms in total. The van der Waals surface area contributed by atoms with Crippen LogP contribution in [-0.2, 0) is 16.6 Å². The molecule has 1 aromatic heterocycles. The van der Waals surface area contributed by atoms with Gasteiger partial charge in [-0.05, 0) is 30.5 Å². The van der Waals surface area contributed by atoms with Gasteiger partial charge >= 0.3 is 0 Å². The van der Waals surface area contributed by atoms with Crippen molar-refractivity contribution in [1.29, 1.82) is 0 Å². The molecule has 2 heterocycles. The highest BCUT2D eigenvalue weighted by Gasteiger charge is 2.42. The van der Waals surface area contributed by atoms with Gasteiger partial charge in [0, 0.05) is 24.3 Å². The maximum Gasteiger partial charge on any atom is 0.300 e. The van der Waals surface area contributed by atoms with E-state index in [1.54, 1.807) is 36.1 Å². The van der Waals surface area contributed by atoms with E-state index in [0.29, 0.717) is 22.9 Å². The number of anilines is 2. The van der Waals surface area contributed by atoms with Gasteiger partial charge in [-0.25, -0.2) is 0 Å². The van der Waals surface area contributed by atoms with Crippen LogP contribution >= 0.6 is 11.6 Å². The van der Waals surface area contributed by atoms with Crippen molar-refractivity contribution in [2.24, 2.45) is 13.0 Å². The molecule has 136 valence electrons. The lowest BCUT2D eigenvalue weighted by atomic mass is 10.0. The molecule has 0 aliphatic carbocycles. The lowest BCUT2D eigenvalue weighted by molar-refractivity contribution is -0.121. The van der Waals surface area contributed by atoms with Crippen LogP contribution in [-0.4, -0.2) is 33.4 Å². The van der Waals surface area contributed by atoms with E-state index in [4.69, 9.17) is 11.6 Å². The van der Waals surface area contributed by atoms with Gasteiger partial charge in [0.05, 0.1) is 11.3 Å². The van der Waals surface area contributed by atoms with Gasteiger partial charge in [0.15, 0.2) is 5.82 Å². The Labute approximate surface area is 155 Å². The maximum absolute atomic E-state index is 12.9. The number of halogens is 1. The fraction of sp³-hybridized carbons (Fsp3) is 0.333. The number of nitrogens with zero attached hydrogens (tertiary/aromatic N) is 3. The van der Waals surface area contributed by atoms with Crippen molar-refractivity contribution in [3.63, 3.8) is 0 Å². The topological polar surface area (TPSA) is 84.3 Å². The van der Waals surface area contributed by atoms with Gasteiger partial charge in [-0.2, -0.15) is 5.10 Å². The van der Waals surface area contributed by atoms with Crippen molar-refractivity contribution in [3.05, 3.63) is 41.0 Å². The number of hydrogen-bond acceptors (Lipinski definition) is 4. The van der Waals surface area contributed by atoms with Crippen molar-refractivity contribution in [2.75, 3.05) is 10.2 Å². The number of hydrogen-bond donors (Lipinski definition) is 1. The number of ketones is 1. The molecule has 0 radical (unpaired) electrons. The largest absolute Gasteiger partial charge is 0.307 e. The Hall–Kier alpha value is -2.67. The minimum Gasteiger partial charge on any atom is -0.307 e. The summed E-state index contributed by atoms with van der Waals surface area (Å²) < 4.78 is 1.56. The first-order valence-electron chi connectivity index (χ1n) is 8.26. The monoisotopic (exact) mass is 374 g/mol. The fourth-order valence-electron chi connectivity index (χ4n) is 3.01. The number of aryl methyl sites for hydroxylation is 1. The number of nitrogens with one attached hydrogen (secondary N) is 1. The van der Waals surface area contributed by atoms with Gasteiger partial charge in [0.1, 0.15) is 6.04 Å². The summed E-state index contributed by atoms with van der Waals surface area (Å²) in [5, 5.41) is 7.23. The van der Waals surface area contributed by atoms with Crippen LogP contribution in [0.4, 0.5) is 11.5 Å². The summed E-state index contributed by atoms with van der Waals surface area (Å²) in [6.07, 6.45) is 2.09. The van der Waals surface area contributed by atoms with Crippen LogP contribution in [0.3, 0.4) is 0 Å². The molecule has 0 fully saturated rings. The molecule has 1 aromatic carbocycles. The van der Waals surface area contributed by atoms with E-state index in [9.17, 15) is 14.4 Å². The van der Waals surface area contributed by atoms with Gasteiger partial charge in [0.25, 0.3) is 11.7 Å². The molecule has 1 unspecified atom stereocenters. The van der Waals surface area contributed by atoms with Crippen molar-refractivity contribution in [1.82, 2.24) is 9.78 Å². The van der Waals surface area contributed by atoms with Crippen molar-refractivity contribution >= 4 is 40.7 Å². The number of benzene rings is 1. The minimum absolute atomic E-state index is 0.126. The van der Waals surface area contributed by atoms with Gasteiger partial charge in [-0.1, -0.05) is 25.4 Å². The Kier molecular flexibility index (Phi) is 4.82. The Morgan fingerprint density at radius 2 is 2.00 bits per heavy atom. The van der Waals surface area contributed by atoms with E-state index in [1.165, 1.54) is 11.0 Å². The first-order chi connectivity index (χ1) is 12.3. The Morgan fingerprint density at radius 1 is 1.27 bits per heavy atom. The van der Waals surface area contributed by atoms with E-state index in [2.05, 4.69) is 10.4 Å². The molecular formula is C18H19ClN4O3. The number of Topliss-reactive ketones (excluding diaryl/α,β-unsaturated/α-hetero) is 1. The lowest BCUT2D eigenvalue weighted by Gasteiger charge is -2.28. The van der Waals surface area contributed by atoms with Crippen molar-refractivity contribution in [3.8, 4) is 0 Å². The lowest BCUT2D eigenvalue weighted by Crippen LogP contribution is -2.47. The molecule has 2 amide bonds. The smallest absolute Gasteiger partial charge is 0.300 e. The minimum atomic E-state index is -0.840.